The van der Waals surface area contributed by atoms with Gasteiger partial charge in [0.25, 0.3) is 0 Å². The molecule has 0 spiro atoms. The fourth-order valence-electron chi connectivity index (χ4n) is 0.992. The topological polar surface area (TPSA) is 35.5 Å². The molecule has 0 saturated carbocycles. The SMILES string of the molecule is CC(=O)CC1OCC(C)CO1. The molecule has 0 unspecified atom stereocenters. The lowest BCUT2D eigenvalue weighted by Crippen LogP contribution is -2.31. The van der Waals surface area contributed by atoms with E-state index in [0.717, 1.165) is 0 Å². The molecule has 0 aromatic rings. The first-order valence-corrected chi connectivity index (χ1v) is 3.91. The molecule has 1 fully saturated rings. The first-order valence-electron chi connectivity index (χ1n) is 3.91. The van der Waals surface area contributed by atoms with Crippen molar-refractivity contribution in [3.05, 3.63) is 0 Å². The maximum absolute atomic E-state index is 10.6. The van der Waals surface area contributed by atoms with Gasteiger partial charge in [0, 0.05) is 5.92 Å². The third-order valence-electron chi connectivity index (χ3n) is 1.59. The highest BCUT2D eigenvalue weighted by Gasteiger charge is 2.19. The predicted molar refractivity (Wildman–Crippen MR) is 40.2 cm³/mol. The Labute approximate surface area is 66.7 Å². The van der Waals surface area contributed by atoms with Gasteiger partial charge in [0.1, 0.15) is 5.78 Å². The van der Waals surface area contributed by atoms with Crippen molar-refractivity contribution >= 4 is 5.78 Å². The monoisotopic (exact) mass is 158 g/mol. The van der Waals surface area contributed by atoms with E-state index in [1.807, 2.05) is 0 Å². The van der Waals surface area contributed by atoms with Crippen LogP contribution in [0.4, 0.5) is 0 Å². The van der Waals surface area contributed by atoms with E-state index in [0.29, 0.717) is 25.6 Å². The van der Waals surface area contributed by atoms with Crippen molar-refractivity contribution in [1.29, 1.82) is 0 Å². The lowest BCUT2D eigenvalue weighted by molar-refractivity contribution is -0.199. The van der Waals surface area contributed by atoms with Crippen molar-refractivity contribution in [3.8, 4) is 0 Å². The smallest absolute Gasteiger partial charge is 0.164 e. The molecule has 0 aromatic heterocycles. The van der Waals surface area contributed by atoms with Gasteiger partial charge in [0.15, 0.2) is 6.29 Å². The number of rotatable bonds is 2. The number of ketones is 1. The van der Waals surface area contributed by atoms with Gasteiger partial charge in [0.2, 0.25) is 0 Å². The van der Waals surface area contributed by atoms with Gasteiger partial charge in [-0.05, 0) is 6.92 Å². The van der Waals surface area contributed by atoms with Gasteiger partial charge < -0.3 is 9.47 Å². The first-order chi connectivity index (χ1) is 5.18. The van der Waals surface area contributed by atoms with Crippen LogP contribution in [0.3, 0.4) is 0 Å². The molecule has 1 aliphatic heterocycles. The molecule has 1 aliphatic rings. The molecule has 3 nitrogen and oxygen atoms in total. The van der Waals surface area contributed by atoms with Crippen LogP contribution in [0.1, 0.15) is 20.3 Å². The number of hydrogen-bond donors (Lipinski definition) is 0. The summed E-state index contributed by atoms with van der Waals surface area (Å²) in [5, 5.41) is 0. The van der Waals surface area contributed by atoms with Gasteiger partial charge in [0.05, 0.1) is 19.6 Å². The molecule has 1 rings (SSSR count). The molecule has 64 valence electrons. The standard InChI is InChI=1S/C8H14O3/c1-6-4-10-8(11-5-6)3-7(2)9/h6,8H,3-5H2,1-2H3. The zero-order valence-electron chi connectivity index (χ0n) is 7.00. The van der Waals surface area contributed by atoms with Crippen LogP contribution in [0.5, 0.6) is 0 Å². The second kappa shape index (κ2) is 3.83. The Balaban J connectivity index is 2.22. The van der Waals surface area contributed by atoms with E-state index < -0.39 is 0 Å². The molecule has 11 heavy (non-hydrogen) atoms. The second-order valence-corrected chi connectivity index (χ2v) is 3.11. The molecule has 0 aliphatic carbocycles. The Morgan fingerprint density at radius 1 is 1.45 bits per heavy atom. The molecule has 0 radical (unpaired) electrons. The predicted octanol–water partition coefficient (Wildman–Crippen LogP) is 0.974. The van der Waals surface area contributed by atoms with Gasteiger partial charge in [-0.1, -0.05) is 6.92 Å². The highest BCUT2D eigenvalue weighted by Crippen LogP contribution is 2.12. The van der Waals surface area contributed by atoms with Crippen molar-refractivity contribution in [3.63, 3.8) is 0 Å². The van der Waals surface area contributed by atoms with Crippen LogP contribution in [-0.2, 0) is 14.3 Å². The highest BCUT2D eigenvalue weighted by atomic mass is 16.7. The van der Waals surface area contributed by atoms with E-state index >= 15 is 0 Å². The summed E-state index contributed by atoms with van der Waals surface area (Å²) in [6.07, 6.45) is 0.0934. The summed E-state index contributed by atoms with van der Waals surface area (Å²) in [4.78, 5) is 10.6. The second-order valence-electron chi connectivity index (χ2n) is 3.11. The minimum Gasteiger partial charge on any atom is -0.352 e. The van der Waals surface area contributed by atoms with Gasteiger partial charge in [-0.3, -0.25) is 4.79 Å². The summed E-state index contributed by atoms with van der Waals surface area (Å²) in [6, 6.07) is 0. The summed E-state index contributed by atoms with van der Waals surface area (Å²) in [6.45, 7) is 5.02. The Morgan fingerprint density at radius 3 is 2.45 bits per heavy atom. The van der Waals surface area contributed by atoms with E-state index in [1.54, 1.807) is 6.92 Å². The summed E-state index contributed by atoms with van der Waals surface area (Å²) in [5.74, 6) is 0.572. The van der Waals surface area contributed by atoms with Crippen molar-refractivity contribution in [2.75, 3.05) is 13.2 Å². The molecule has 1 saturated heterocycles. The van der Waals surface area contributed by atoms with Crippen molar-refractivity contribution in [2.24, 2.45) is 5.92 Å². The minimum atomic E-state index is -0.288. The van der Waals surface area contributed by atoms with Crippen LogP contribution in [-0.4, -0.2) is 25.3 Å². The summed E-state index contributed by atoms with van der Waals surface area (Å²) in [7, 11) is 0. The third-order valence-corrected chi connectivity index (χ3v) is 1.59. The molecule has 0 aromatic carbocycles. The van der Waals surface area contributed by atoms with Crippen LogP contribution in [0.15, 0.2) is 0 Å². The number of carbonyl (C=O) groups excluding carboxylic acids is 1. The summed E-state index contributed by atoms with van der Waals surface area (Å²) < 4.78 is 10.5. The van der Waals surface area contributed by atoms with Crippen molar-refractivity contribution < 1.29 is 14.3 Å². The Morgan fingerprint density at radius 2 is 2.00 bits per heavy atom. The van der Waals surface area contributed by atoms with E-state index in [-0.39, 0.29) is 12.1 Å². The molecule has 0 amide bonds. The third kappa shape index (κ3) is 2.99. The van der Waals surface area contributed by atoms with E-state index in [2.05, 4.69) is 6.92 Å². The Hall–Kier alpha value is -0.410. The highest BCUT2D eigenvalue weighted by molar-refractivity contribution is 5.75. The molecular weight excluding hydrogens is 144 g/mol. The van der Waals surface area contributed by atoms with E-state index in [9.17, 15) is 4.79 Å². The number of hydrogen-bond acceptors (Lipinski definition) is 3. The van der Waals surface area contributed by atoms with Crippen LogP contribution in [0.25, 0.3) is 0 Å². The van der Waals surface area contributed by atoms with Crippen LogP contribution in [0, 0.1) is 5.92 Å². The molecule has 1 heterocycles. The quantitative estimate of drug-likeness (QED) is 0.600. The summed E-state index contributed by atoms with van der Waals surface area (Å²) in [5.41, 5.74) is 0. The lowest BCUT2D eigenvalue weighted by atomic mass is 10.2. The molecule has 0 bridgehead atoms. The molecule has 0 N–H and O–H groups in total. The maximum Gasteiger partial charge on any atom is 0.164 e. The van der Waals surface area contributed by atoms with Crippen molar-refractivity contribution in [2.45, 2.75) is 26.6 Å². The van der Waals surface area contributed by atoms with Crippen LogP contribution >= 0.6 is 0 Å². The molecule has 3 heteroatoms. The average molecular weight is 158 g/mol. The maximum atomic E-state index is 10.6. The van der Waals surface area contributed by atoms with Crippen molar-refractivity contribution in [1.82, 2.24) is 0 Å². The molecular formula is C8H14O3. The van der Waals surface area contributed by atoms with Crippen LogP contribution in [0.2, 0.25) is 0 Å². The zero-order valence-corrected chi connectivity index (χ0v) is 7.00. The normalized spacial score (nSPS) is 31.8. The zero-order chi connectivity index (χ0) is 8.27. The van der Waals surface area contributed by atoms with Gasteiger partial charge >= 0.3 is 0 Å². The minimum absolute atomic E-state index is 0.115. The van der Waals surface area contributed by atoms with E-state index in [1.165, 1.54) is 0 Å². The Bertz CT molecular complexity index is 136. The number of Topliss-reactive ketones (excluding diaryl/α,β-unsaturated/α-hetero) is 1. The summed E-state index contributed by atoms with van der Waals surface area (Å²) >= 11 is 0. The average Bonchev–Trinajstić information content (AvgIpc) is 1.93. The van der Waals surface area contributed by atoms with Gasteiger partial charge in [-0.2, -0.15) is 0 Å². The number of carbonyl (C=O) groups is 1. The van der Waals surface area contributed by atoms with Crippen LogP contribution < -0.4 is 0 Å². The molecule has 0 atom stereocenters. The van der Waals surface area contributed by atoms with Gasteiger partial charge in [-0.25, -0.2) is 0 Å². The Kier molecular flexibility index (Phi) is 3.02. The van der Waals surface area contributed by atoms with E-state index in [4.69, 9.17) is 9.47 Å². The first kappa shape index (κ1) is 8.68. The number of ether oxygens (including phenoxy) is 2. The van der Waals surface area contributed by atoms with Gasteiger partial charge in [-0.15, -0.1) is 0 Å². The lowest BCUT2D eigenvalue weighted by Gasteiger charge is -2.26. The fraction of sp³-hybridized carbons (Fsp3) is 0.875. The fourth-order valence-corrected chi connectivity index (χ4v) is 0.992. The largest absolute Gasteiger partial charge is 0.352 e.